The van der Waals surface area contributed by atoms with Crippen molar-refractivity contribution >= 4 is 5.78 Å². The molecule has 76 valence electrons. The predicted molar refractivity (Wildman–Crippen MR) is 57.1 cm³/mol. The molecular formula is C12H16O2. The van der Waals surface area contributed by atoms with Gasteiger partial charge in [-0.2, -0.15) is 0 Å². The van der Waals surface area contributed by atoms with Gasteiger partial charge in [0.15, 0.2) is 5.78 Å². The zero-order valence-electron chi connectivity index (χ0n) is 8.91. The van der Waals surface area contributed by atoms with E-state index in [1.165, 1.54) is 0 Å². The van der Waals surface area contributed by atoms with Gasteiger partial charge in [0.2, 0.25) is 0 Å². The standard InChI is InChI=1S/C12H16O2/c1-4-5-6-7-10-9(2)12(14-3)8-11(10)13/h4-7,12H,8H2,1-3H3. The molecule has 1 aliphatic rings. The zero-order chi connectivity index (χ0) is 10.6. The van der Waals surface area contributed by atoms with Gasteiger partial charge in [-0.05, 0) is 19.4 Å². The number of carbonyl (C=O) groups excluding carboxylic acids is 1. The minimum absolute atomic E-state index is 0.0206. The van der Waals surface area contributed by atoms with Gasteiger partial charge in [-0.25, -0.2) is 0 Å². The molecule has 1 aliphatic carbocycles. The molecule has 0 spiro atoms. The summed E-state index contributed by atoms with van der Waals surface area (Å²) in [5, 5.41) is 0. The van der Waals surface area contributed by atoms with Crippen LogP contribution in [0.4, 0.5) is 0 Å². The van der Waals surface area contributed by atoms with Crippen molar-refractivity contribution in [3.63, 3.8) is 0 Å². The number of ether oxygens (including phenoxy) is 1. The van der Waals surface area contributed by atoms with Crippen LogP contribution in [0.2, 0.25) is 0 Å². The highest BCUT2D eigenvalue weighted by Crippen LogP contribution is 2.25. The molecule has 1 atom stereocenters. The topological polar surface area (TPSA) is 26.3 Å². The number of ketones is 1. The SMILES string of the molecule is CC=CC=CC1=C(C)C(OC)CC1=O. The average Bonchev–Trinajstić information content (AvgIpc) is 2.45. The van der Waals surface area contributed by atoms with E-state index in [0.29, 0.717) is 6.42 Å². The van der Waals surface area contributed by atoms with Crippen molar-refractivity contribution in [3.8, 4) is 0 Å². The normalized spacial score (nSPS) is 23.4. The zero-order valence-corrected chi connectivity index (χ0v) is 8.91. The minimum atomic E-state index is -0.0206. The Morgan fingerprint density at radius 1 is 1.43 bits per heavy atom. The molecule has 0 saturated heterocycles. The number of methoxy groups -OCH3 is 1. The highest BCUT2D eigenvalue weighted by molar-refractivity contribution is 6.02. The number of allylic oxidation sites excluding steroid dienone is 5. The first-order valence-corrected chi connectivity index (χ1v) is 4.76. The lowest BCUT2D eigenvalue weighted by molar-refractivity contribution is -0.115. The fourth-order valence-corrected chi connectivity index (χ4v) is 1.57. The number of carbonyl (C=O) groups is 1. The summed E-state index contributed by atoms with van der Waals surface area (Å²) in [6.07, 6.45) is 8.05. The van der Waals surface area contributed by atoms with Gasteiger partial charge in [0.1, 0.15) is 0 Å². The summed E-state index contributed by atoms with van der Waals surface area (Å²) in [6, 6.07) is 0. The molecule has 0 aromatic heterocycles. The van der Waals surface area contributed by atoms with E-state index in [-0.39, 0.29) is 11.9 Å². The number of hydrogen-bond acceptors (Lipinski definition) is 2. The number of rotatable bonds is 3. The monoisotopic (exact) mass is 192 g/mol. The lowest BCUT2D eigenvalue weighted by Crippen LogP contribution is -2.08. The Labute approximate surface area is 85.0 Å². The molecule has 0 fully saturated rings. The quantitative estimate of drug-likeness (QED) is 0.642. The highest BCUT2D eigenvalue weighted by Gasteiger charge is 2.27. The molecule has 0 radical (unpaired) electrons. The van der Waals surface area contributed by atoms with Gasteiger partial charge in [-0.15, -0.1) is 0 Å². The molecule has 1 unspecified atom stereocenters. The maximum Gasteiger partial charge on any atom is 0.165 e. The molecule has 0 N–H and O–H groups in total. The smallest absolute Gasteiger partial charge is 0.165 e. The third-order valence-corrected chi connectivity index (χ3v) is 2.43. The van der Waals surface area contributed by atoms with E-state index in [0.717, 1.165) is 11.1 Å². The molecular weight excluding hydrogens is 176 g/mol. The van der Waals surface area contributed by atoms with E-state index in [9.17, 15) is 4.79 Å². The lowest BCUT2D eigenvalue weighted by atomic mass is 10.1. The van der Waals surface area contributed by atoms with Crippen molar-refractivity contribution < 1.29 is 9.53 Å². The maximum absolute atomic E-state index is 11.5. The highest BCUT2D eigenvalue weighted by atomic mass is 16.5. The molecule has 0 saturated carbocycles. The summed E-state index contributed by atoms with van der Waals surface area (Å²) in [5.74, 6) is 0.176. The van der Waals surface area contributed by atoms with Gasteiger partial charge in [0.25, 0.3) is 0 Å². The van der Waals surface area contributed by atoms with E-state index >= 15 is 0 Å². The minimum Gasteiger partial charge on any atom is -0.377 e. The fraction of sp³-hybridized carbons (Fsp3) is 0.417. The van der Waals surface area contributed by atoms with Gasteiger partial charge in [0, 0.05) is 19.1 Å². The van der Waals surface area contributed by atoms with Crippen LogP contribution in [-0.4, -0.2) is 19.0 Å². The molecule has 0 aliphatic heterocycles. The van der Waals surface area contributed by atoms with Crippen LogP contribution in [0.3, 0.4) is 0 Å². The second-order valence-electron chi connectivity index (χ2n) is 3.33. The molecule has 0 aromatic rings. The van der Waals surface area contributed by atoms with Crippen molar-refractivity contribution in [2.45, 2.75) is 26.4 Å². The largest absolute Gasteiger partial charge is 0.377 e. The van der Waals surface area contributed by atoms with Crippen LogP contribution >= 0.6 is 0 Å². The average molecular weight is 192 g/mol. The van der Waals surface area contributed by atoms with Gasteiger partial charge in [0.05, 0.1) is 6.10 Å². The van der Waals surface area contributed by atoms with Crippen molar-refractivity contribution in [1.82, 2.24) is 0 Å². The number of hydrogen-bond donors (Lipinski definition) is 0. The van der Waals surface area contributed by atoms with Crippen molar-refractivity contribution in [1.29, 1.82) is 0 Å². The summed E-state index contributed by atoms with van der Waals surface area (Å²) >= 11 is 0. The Kier molecular flexibility index (Phi) is 3.84. The summed E-state index contributed by atoms with van der Waals surface area (Å²) < 4.78 is 5.20. The summed E-state index contributed by atoms with van der Waals surface area (Å²) in [5.41, 5.74) is 1.84. The Hall–Kier alpha value is -1.15. The number of Topliss-reactive ketones (excluding diaryl/α,β-unsaturated/α-hetero) is 1. The van der Waals surface area contributed by atoms with Gasteiger partial charge >= 0.3 is 0 Å². The van der Waals surface area contributed by atoms with Crippen LogP contribution in [0.15, 0.2) is 35.5 Å². The molecule has 0 amide bonds. The Balaban J connectivity index is 2.84. The Morgan fingerprint density at radius 2 is 2.14 bits per heavy atom. The van der Waals surface area contributed by atoms with Crippen LogP contribution < -0.4 is 0 Å². The predicted octanol–water partition coefficient (Wildman–Crippen LogP) is 2.42. The molecule has 2 nitrogen and oxygen atoms in total. The molecule has 14 heavy (non-hydrogen) atoms. The van der Waals surface area contributed by atoms with E-state index in [4.69, 9.17) is 4.74 Å². The van der Waals surface area contributed by atoms with Crippen LogP contribution in [0.25, 0.3) is 0 Å². The molecule has 0 aromatic carbocycles. The van der Waals surface area contributed by atoms with E-state index in [1.54, 1.807) is 7.11 Å². The van der Waals surface area contributed by atoms with Crippen LogP contribution in [0.1, 0.15) is 20.3 Å². The summed E-state index contributed by atoms with van der Waals surface area (Å²) in [6.45, 7) is 3.90. The van der Waals surface area contributed by atoms with Gasteiger partial charge in [-0.1, -0.05) is 24.3 Å². The van der Waals surface area contributed by atoms with Crippen LogP contribution in [0, 0.1) is 0 Å². The first kappa shape index (κ1) is 10.9. The van der Waals surface area contributed by atoms with Crippen LogP contribution in [-0.2, 0) is 9.53 Å². The Morgan fingerprint density at radius 3 is 2.64 bits per heavy atom. The lowest BCUT2D eigenvalue weighted by Gasteiger charge is -2.06. The molecule has 0 heterocycles. The third kappa shape index (κ3) is 2.20. The summed E-state index contributed by atoms with van der Waals surface area (Å²) in [7, 11) is 1.64. The molecule has 0 bridgehead atoms. The first-order valence-electron chi connectivity index (χ1n) is 4.76. The second kappa shape index (κ2) is 4.91. The first-order chi connectivity index (χ1) is 6.70. The Bertz CT molecular complexity index is 308. The van der Waals surface area contributed by atoms with Crippen LogP contribution in [0.5, 0.6) is 0 Å². The fourth-order valence-electron chi connectivity index (χ4n) is 1.57. The van der Waals surface area contributed by atoms with E-state index < -0.39 is 0 Å². The molecule has 1 rings (SSSR count). The molecule has 2 heteroatoms. The maximum atomic E-state index is 11.5. The summed E-state index contributed by atoms with van der Waals surface area (Å²) in [4.78, 5) is 11.5. The van der Waals surface area contributed by atoms with Gasteiger partial charge < -0.3 is 4.74 Å². The van der Waals surface area contributed by atoms with Crippen molar-refractivity contribution in [3.05, 3.63) is 35.5 Å². The van der Waals surface area contributed by atoms with Gasteiger partial charge in [-0.3, -0.25) is 4.79 Å². The second-order valence-corrected chi connectivity index (χ2v) is 3.33. The third-order valence-electron chi connectivity index (χ3n) is 2.43. The van der Waals surface area contributed by atoms with E-state index in [1.807, 2.05) is 38.2 Å². The van der Waals surface area contributed by atoms with E-state index in [2.05, 4.69) is 0 Å². The van der Waals surface area contributed by atoms with Crippen molar-refractivity contribution in [2.24, 2.45) is 0 Å². The van der Waals surface area contributed by atoms with Crippen molar-refractivity contribution in [2.75, 3.05) is 7.11 Å².